The summed E-state index contributed by atoms with van der Waals surface area (Å²) in [5.41, 5.74) is 1.08. The third-order valence-corrected chi connectivity index (χ3v) is 3.36. The number of ether oxygens (including phenoxy) is 2. The molecule has 4 nitrogen and oxygen atoms in total. The van der Waals surface area contributed by atoms with Gasteiger partial charge in [0.15, 0.2) is 0 Å². The van der Waals surface area contributed by atoms with E-state index in [-0.39, 0.29) is 0 Å². The maximum atomic E-state index is 5.99. The molecular formula is C17H20N2O2. The van der Waals surface area contributed by atoms with Crippen molar-refractivity contribution in [3.05, 3.63) is 48.3 Å². The van der Waals surface area contributed by atoms with E-state index in [9.17, 15) is 0 Å². The second-order valence-corrected chi connectivity index (χ2v) is 5.15. The lowest BCUT2D eigenvalue weighted by molar-refractivity contribution is 0.338. The Morgan fingerprint density at radius 3 is 2.90 bits per heavy atom. The highest BCUT2D eigenvalue weighted by Gasteiger charge is 2.20. The summed E-state index contributed by atoms with van der Waals surface area (Å²) in [6.45, 7) is 3.41. The molecule has 21 heavy (non-hydrogen) atoms. The highest BCUT2D eigenvalue weighted by molar-refractivity contribution is 5.39. The third-order valence-electron chi connectivity index (χ3n) is 3.36. The van der Waals surface area contributed by atoms with E-state index in [1.807, 2.05) is 43.5 Å². The molecule has 0 amide bonds. The molecule has 3 rings (SSSR count). The second kappa shape index (κ2) is 6.59. The van der Waals surface area contributed by atoms with Crippen LogP contribution >= 0.6 is 0 Å². The summed E-state index contributed by atoms with van der Waals surface area (Å²) < 4.78 is 11.5. The molecule has 0 aliphatic heterocycles. The molecule has 0 bridgehead atoms. The number of aromatic nitrogens is 1. The number of nitrogens with zero attached hydrogens (tertiary/aromatic N) is 1. The second-order valence-electron chi connectivity index (χ2n) is 5.15. The lowest BCUT2D eigenvalue weighted by atomic mass is 10.2. The van der Waals surface area contributed by atoms with Crippen LogP contribution in [0.15, 0.2) is 42.7 Å². The standard InChI is InChI=1S/C17H20N2O2/c1-2-20-15-4-3-5-16(10-15)21-17-8-9-18-11-13(17)12-19-14-6-7-14/h3-5,8-11,14,19H,2,6-7,12H2,1H3. The minimum Gasteiger partial charge on any atom is -0.494 e. The minimum atomic E-state index is 0.648. The van der Waals surface area contributed by atoms with Crippen molar-refractivity contribution in [2.45, 2.75) is 32.4 Å². The van der Waals surface area contributed by atoms with Gasteiger partial charge in [0.05, 0.1) is 6.61 Å². The molecule has 0 radical (unpaired) electrons. The Morgan fingerprint density at radius 2 is 2.10 bits per heavy atom. The van der Waals surface area contributed by atoms with Crippen LogP contribution in [0.25, 0.3) is 0 Å². The predicted molar refractivity (Wildman–Crippen MR) is 81.8 cm³/mol. The third kappa shape index (κ3) is 3.95. The van der Waals surface area contributed by atoms with Crippen molar-refractivity contribution >= 4 is 0 Å². The predicted octanol–water partition coefficient (Wildman–Crippen LogP) is 3.52. The molecule has 0 saturated heterocycles. The van der Waals surface area contributed by atoms with Gasteiger partial charge in [-0.05, 0) is 38.0 Å². The van der Waals surface area contributed by atoms with Crippen LogP contribution in [-0.4, -0.2) is 17.6 Å². The van der Waals surface area contributed by atoms with Gasteiger partial charge in [0, 0.05) is 36.6 Å². The van der Waals surface area contributed by atoms with Crippen LogP contribution in [-0.2, 0) is 6.54 Å². The summed E-state index contributed by atoms with van der Waals surface area (Å²) in [5, 5.41) is 3.49. The first-order valence-electron chi connectivity index (χ1n) is 7.42. The molecule has 1 saturated carbocycles. The Hall–Kier alpha value is -2.07. The van der Waals surface area contributed by atoms with E-state index in [2.05, 4.69) is 10.3 Å². The van der Waals surface area contributed by atoms with Crippen LogP contribution in [0, 0.1) is 0 Å². The van der Waals surface area contributed by atoms with Crippen molar-refractivity contribution < 1.29 is 9.47 Å². The van der Waals surface area contributed by atoms with Crippen molar-refractivity contribution in [1.29, 1.82) is 0 Å². The number of benzene rings is 1. The van der Waals surface area contributed by atoms with Crippen molar-refractivity contribution in [3.8, 4) is 17.2 Å². The number of rotatable bonds is 7. The van der Waals surface area contributed by atoms with Gasteiger partial charge in [-0.3, -0.25) is 4.98 Å². The molecule has 1 fully saturated rings. The van der Waals surface area contributed by atoms with Crippen molar-refractivity contribution in [3.63, 3.8) is 0 Å². The SMILES string of the molecule is CCOc1cccc(Oc2ccncc2CNC2CC2)c1. The zero-order valence-corrected chi connectivity index (χ0v) is 12.2. The summed E-state index contributed by atoms with van der Waals surface area (Å²) in [7, 11) is 0. The highest BCUT2D eigenvalue weighted by atomic mass is 16.5. The number of nitrogens with one attached hydrogen (secondary N) is 1. The lowest BCUT2D eigenvalue weighted by Gasteiger charge is -2.12. The van der Waals surface area contributed by atoms with E-state index in [1.165, 1.54) is 12.8 Å². The van der Waals surface area contributed by atoms with Crippen LogP contribution in [0.4, 0.5) is 0 Å². The van der Waals surface area contributed by atoms with Gasteiger partial charge in [-0.2, -0.15) is 0 Å². The maximum Gasteiger partial charge on any atom is 0.134 e. The number of hydrogen-bond donors (Lipinski definition) is 1. The zero-order valence-electron chi connectivity index (χ0n) is 12.2. The van der Waals surface area contributed by atoms with Gasteiger partial charge in [-0.15, -0.1) is 0 Å². The molecule has 1 aromatic carbocycles. The highest BCUT2D eigenvalue weighted by Crippen LogP contribution is 2.28. The molecule has 1 heterocycles. The van der Waals surface area contributed by atoms with Gasteiger partial charge in [0.2, 0.25) is 0 Å². The van der Waals surface area contributed by atoms with Gasteiger partial charge in [-0.25, -0.2) is 0 Å². The van der Waals surface area contributed by atoms with Gasteiger partial charge < -0.3 is 14.8 Å². The normalized spacial score (nSPS) is 14.0. The van der Waals surface area contributed by atoms with Crippen molar-refractivity contribution in [2.75, 3.05) is 6.61 Å². The first-order chi connectivity index (χ1) is 10.3. The Labute approximate surface area is 125 Å². The average molecular weight is 284 g/mol. The summed E-state index contributed by atoms with van der Waals surface area (Å²) in [6.07, 6.45) is 6.15. The van der Waals surface area contributed by atoms with Crippen LogP contribution in [0.1, 0.15) is 25.3 Å². The van der Waals surface area contributed by atoms with E-state index in [4.69, 9.17) is 9.47 Å². The van der Waals surface area contributed by atoms with Crippen LogP contribution in [0.2, 0.25) is 0 Å². The van der Waals surface area contributed by atoms with Gasteiger partial charge in [-0.1, -0.05) is 6.07 Å². The largest absolute Gasteiger partial charge is 0.494 e. The zero-order chi connectivity index (χ0) is 14.5. The van der Waals surface area contributed by atoms with E-state index < -0.39 is 0 Å². The molecule has 0 atom stereocenters. The molecule has 2 aromatic rings. The Morgan fingerprint density at radius 1 is 1.24 bits per heavy atom. The van der Waals surface area contributed by atoms with Crippen LogP contribution in [0.3, 0.4) is 0 Å². The Balaban J connectivity index is 1.72. The van der Waals surface area contributed by atoms with E-state index in [0.717, 1.165) is 29.4 Å². The fourth-order valence-corrected chi connectivity index (χ4v) is 2.11. The molecule has 1 aliphatic carbocycles. The van der Waals surface area contributed by atoms with Crippen LogP contribution < -0.4 is 14.8 Å². The smallest absolute Gasteiger partial charge is 0.134 e. The monoisotopic (exact) mass is 284 g/mol. The number of hydrogen-bond acceptors (Lipinski definition) is 4. The van der Waals surface area contributed by atoms with Gasteiger partial charge in [0.25, 0.3) is 0 Å². The van der Waals surface area contributed by atoms with E-state index in [1.54, 1.807) is 6.20 Å². The summed E-state index contributed by atoms with van der Waals surface area (Å²) in [5.74, 6) is 2.44. The quantitative estimate of drug-likeness (QED) is 0.844. The van der Waals surface area contributed by atoms with E-state index in [0.29, 0.717) is 12.6 Å². The Bertz CT molecular complexity index is 597. The van der Waals surface area contributed by atoms with Crippen LogP contribution in [0.5, 0.6) is 17.2 Å². The van der Waals surface area contributed by atoms with Crippen molar-refractivity contribution in [1.82, 2.24) is 10.3 Å². The average Bonchev–Trinajstić information content (AvgIpc) is 3.31. The minimum absolute atomic E-state index is 0.648. The summed E-state index contributed by atoms with van der Waals surface area (Å²) in [4.78, 5) is 4.19. The molecule has 1 aliphatic rings. The van der Waals surface area contributed by atoms with Gasteiger partial charge >= 0.3 is 0 Å². The van der Waals surface area contributed by atoms with E-state index >= 15 is 0 Å². The lowest BCUT2D eigenvalue weighted by Crippen LogP contribution is -2.15. The number of pyridine rings is 1. The summed E-state index contributed by atoms with van der Waals surface area (Å²) in [6, 6.07) is 10.3. The molecule has 1 N–H and O–H groups in total. The fourth-order valence-electron chi connectivity index (χ4n) is 2.11. The first-order valence-corrected chi connectivity index (χ1v) is 7.42. The molecular weight excluding hydrogens is 264 g/mol. The molecule has 1 aromatic heterocycles. The molecule has 0 spiro atoms. The molecule has 4 heteroatoms. The fraction of sp³-hybridized carbons (Fsp3) is 0.353. The topological polar surface area (TPSA) is 43.4 Å². The Kier molecular flexibility index (Phi) is 4.36. The molecule has 0 unspecified atom stereocenters. The van der Waals surface area contributed by atoms with Crippen molar-refractivity contribution in [2.24, 2.45) is 0 Å². The molecule has 110 valence electrons. The first kappa shape index (κ1) is 13.9. The summed E-state index contributed by atoms with van der Waals surface area (Å²) >= 11 is 0. The van der Waals surface area contributed by atoms with Gasteiger partial charge in [0.1, 0.15) is 17.2 Å². The maximum absolute atomic E-state index is 5.99.